The summed E-state index contributed by atoms with van der Waals surface area (Å²) in [4.78, 5) is 10.4. The maximum Gasteiger partial charge on any atom is 0.269 e. The molecule has 0 radical (unpaired) electrons. The largest absolute Gasteiger partial charge is 0.394 e. The summed E-state index contributed by atoms with van der Waals surface area (Å²) in [7, 11) is 0. The van der Waals surface area contributed by atoms with E-state index in [1.165, 1.54) is 6.07 Å². The molecule has 110 valence electrons. The number of nitro groups is 1. The molecule has 1 aliphatic carbocycles. The molecule has 1 saturated carbocycles. The predicted octanol–water partition coefficient (Wildman–Crippen LogP) is 2.63. The highest BCUT2D eigenvalue weighted by Crippen LogP contribution is 2.31. The highest BCUT2D eigenvalue weighted by Gasteiger charge is 2.32. The van der Waals surface area contributed by atoms with Crippen LogP contribution in [0.2, 0.25) is 0 Å². The molecule has 20 heavy (non-hydrogen) atoms. The fourth-order valence-corrected chi connectivity index (χ4v) is 2.78. The van der Waals surface area contributed by atoms with Crippen LogP contribution in [0.4, 0.5) is 5.69 Å². The molecule has 0 aromatic heterocycles. The summed E-state index contributed by atoms with van der Waals surface area (Å²) in [5.41, 5.74) is 0.766. The molecular formula is C15H22N2O3. The number of nitrogens with one attached hydrogen (secondary N) is 1. The van der Waals surface area contributed by atoms with Gasteiger partial charge in [-0.25, -0.2) is 0 Å². The van der Waals surface area contributed by atoms with Crippen LogP contribution in [0.1, 0.15) is 38.2 Å². The van der Waals surface area contributed by atoms with Gasteiger partial charge in [-0.1, -0.05) is 19.1 Å². The molecule has 5 heteroatoms. The molecular weight excluding hydrogens is 256 g/mol. The van der Waals surface area contributed by atoms with Gasteiger partial charge in [0, 0.05) is 24.2 Å². The lowest BCUT2D eigenvalue weighted by molar-refractivity contribution is -0.384. The standard InChI is InChI=1S/C15H22N2O3/c1-12-5-7-15(11-18,8-6-12)16-10-13-3-2-4-14(9-13)17(19)20/h2-4,9,12,16,18H,5-8,10-11H2,1H3. The van der Waals surface area contributed by atoms with Gasteiger partial charge in [0.1, 0.15) is 0 Å². The van der Waals surface area contributed by atoms with Gasteiger partial charge >= 0.3 is 0 Å². The van der Waals surface area contributed by atoms with Crippen molar-refractivity contribution in [3.8, 4) is 0 Å². The quantitative estimate of drug-likeness (QED) is 0.641. The van der Waals surface area contributed by atoms with Gasteiger partial charge in [0.05, 0.1) is 11.5 Å². The highest BCUT2D eigenvalue weighted by molar-refractivity contribution is 5.34. The minimum Gasteiger partial charge on any atom is -0.394 e. The van der Waals surface area contributed by atoms with Crippen LogP contribution in [0.25, 0.3) is 0 Å². The Morgan fingerprint density at radius 3 is 2.75 bits per heavy atom. The van der Waals surface area contributed by atoms with Crippen molar-refractivity contribution in [3.63, 3.8) is 0 Å². The topological polar surface area (TPSA) is 75.4 Å². The summed E-state index contributed by atoms with van der Waals surface area (Å²) in [5.74, 6) is 0.717. The van der Waals surface area contributed by atoms with Crippen LogP contribution in [-0.4, -0.2) is 22.2 Å². The molecule has 1 aliphatic rings. The number of hydrogen-bond donors (Lipinski definition) is 2. The highest BCUT2D eigenvalue weighted by atomic mass is 16.6. The van der Waals surface area contributed by atoms with Gasteiger partial charge < -0.3 is 10.4 Å². The maximum atomic E-state index is 10.8. The summed E-state index contributed by atoms with van der Waals surface area (Å²) in [6.07, 6.45) is 4.14. The molecule has 2 N–H and O–H groups in total. The number of hydrogen-bond acceptors (Lipinski definition) is 4. The zero-order valence-electron chi connectivity index (χ0n) is 11.8. The Morgan fingerprint density at radius 2 is 2.15 bits per heavy atom. The second-order valence-corrected chi connectivity index (χ2v) is 5.90. The second-order valence-electron chi connectivity index (χ2n) is 5.90. The molecule has 0 atom stereocenters. The number of aliphatic hydroxyl groups is 1. The maximum absolute atomic E-state index is 10.8. The van der Waals surface area contributed by atoms with E-state index >= 15 is 0 Å². The van der Waals surface area contributed by atoms with E-state index in [1.807, 2.05) is 6.07 Å². The Hall–Kier alpha value is -1.46. The fourth-order valence-electron chi connectivity index (χ4n) is 2.78. The molecule has 1 fully saturated rings. The van der Waals surface area contributed by atoms with E-state index in [0.29, 0.717) is 12.5 Å². The van der Waals surface area contributed by atoms with Crippen LogP contribution in [-0.2, 0) is 6.54 Å². The van der Waals surface area contributed by atoms with Crippen molar-refractivity contribution in [1.82, 2.24) is 5.32 Å². The lowest BCUT2D eigenvalue weighted by Crippen LogP contribution is -2.50. The Labute approximate surface area is 119 Å². The van der Waals surface area contributed by atoms with Gasteiger partial charge in [-0.05, 0) is 37.2 Å². The predicted molar refractivity (Wildman–Crippen MR) is 77.4 cm³/mol. The number of aliphatic hydroxyl groups excluding tert-OH is 1. The molecule has 2 rings (SSSR count). The first-order valence-corrected chi connectivity index (χ1v) is 7.14. The number of benzene rings is 1. The third-order valence-electron chi connectivity index (χ3n) is 4.32. The van der Waals surface area contributed by atoms with E-state index in [9.17, 15) is 15.2 Å². The monoisotopic (exact) mass is 278 g/mol. The molecule has 0 spiro atoms. The number of non-ortho nitro benzene ring substituents is 1. The summed E-state index contributed by atoms with van der Waals surface area (Å²) < 4.78 is 0. The third-order valence-corrected chi connectivity index (χ3v) is 4.32. The molecule has 1 aromatic carbocycles. The smallest absolute Gasteiger partial charge is 0.269 e. The molecule has 0 unspecified atom stereocenters. The average Bonchev–Trinajstić information content (AvgIpc) is 2.47. The summed E-state index contributed by atoms with van der Waals surface area (Å²) in [6, 6.07) is 6.65. The first kappa shape index (κ1) is 14.9. The van der Waals surface area contributed by atoms with Gasteiger partial charge in [0.2, 0.25) is 0 Å². The van der Waals surface area contributed by atoms with E-state index < -0.39 is 0 Å². The van der Waals surface area contributed by atoms with Gasteiger partial charge in [-0.2, -0.15) is 0 Å². The van der Waals surface area contributed by atoms with E-state index in [2.05, 4.69) is 12.2 Å². The molecule has 0 amide bonds. The molecule has 5 nitrogen and oxygen atoms in total. The first-order valence-electron chi connectivity index (χ1n) is 7.14. The molecule has 0 heterocycles. The fraction of sp³-hybridized carbons (Fsp3) is 0.600. The Kier molecular flexibility index (Phi) is 4.73. The van der Waals surface area contributed by atoms with Crippen LogP contribution >= 0.6 is 0 Å². The number of rotatable bonds is 5. The number of nitrogens with zero attached hydrogens (tertiary/aromatic N) is 1. The van der Waals surface area contributed by atoms with Gasteiger partial charge in [-0.3, -0.25) is 10.1 Å². The van der Waals surface area contributed by atoms with E-state index in [4.69, 9.17) is 0 Å². The lowest BCUT2D eigenvalue weighted by atomic mass is 9.77. The zero-order valence-corrected chi connectivity index (χ0v) is 11.8. The summed E-state index contributed by atoms with van der Waals surface area (Å²) >= 11 is 0. The summed E-state index contributed by atoms with van der Waals surface area (Å²) in [6.45, 7) is 2.91. The van der Waals surface area contributed by atoms with Crippen molar-refractivity contribution in [3.05, 3.63) is 39.9 Å². The summed E-state index contributed by atoms with van der Waals surface area (Å²) in [5, 5.41) is 23.9. The van der Waals surface area contributed by atoms with Crippen molar-refractivity contribution < 1.29 is 10.0 Å². The van der Waals surface area contributed by atoms with Crippen LogP contribution in [0.15, 0.2) is 24.3 Å². The van der Waals surface area contributed by atoms with E-state index in [0.717, 1.165) is 31.2 Å². The first-order chi connectivity index (χ1) is 9.54. The lowest BCUT2D eigenvalue weighted by Gasteiger charge is -2.39. The molecule has 0 aliphatic heterocycles. The molecule has 0 bridgehead atoms. The van der Waals surface area contributed by atoms with Crippen LogP contribution in [0.5, 0.6) is 0 Å². The van der Waals surface area contributed by atoms with Crippen LogP contribution in [0.3, 0.4) is 0 Å². The van der Waals surface area contributed by atoms with Crippen LogP contribution in [0, 0.1) is 16.0 Å². The van der Waals surface area contributed by atoms with Crippen molar-refractivity contribution in [2.45, 2.75) is 44.7 Å². The zero-order chi connectivity index (χ0) is 14.6. The third kappa shape index (κ3) is 3.55. The number of nitro benzene ring substituents is 1. The SMILES string of the molecule is CC1CCC(CO)(NCc2cccc([N+](=O)[O-])c2)CC1. The normalized spacial score (nSPS) is 26.4. The Bertz CT molecular complexity index is 468. The minimum atomic E-state index is -0.381. The van der Waals surface area contributed by atoms with Crippen molar-refractivity contribution in [2.75, 3.05) is 6.61 Å². The van der Waals surface area contributed by atoms with Crippen molar-refractivity contribution >= 4 is 5.69 Å². The van der Waals surface area contributed by atoms with Crippen molar-refractivity contribution in [1.29, 1.82) is 0 Å². The van der Waals surface area contributed by atoms with Crippen molar-refractivity contribution in [2.24, 2.45) is 5.92 Å². The van der Waals surface area contributed by atoms with Gasteiger partial charge in [0.25, 0.3) is 5.69 Å². The van der Waals surface area contributed by atoms with E-state index in [-0.39, 0.29) is 22.8 Å². The molecule has 0 saturated heterocycles. The van der Waals surface area contributed by atoms with Crippen LogP contribution < -0.4 is 5.32 Å². The Morgan fingerprint density at radius 1 is 1.45 bits per heavy atom. The van der Waals surface area contributed by atoms with E-state index in [1.54, 1.807) is 12.1 Å². The molecule has 1 aromatic rings. The minimum absolute atomic E-state index is 0.111. The average molecular weight is 278 g/mol. The van der Waals surface area contributed by atoms with Gasteiger partial charge in [-0.15, -0.1) is 0 Å². The Balaban J connectivity index is 1.99. The second kappa shape index (κ2) is 6.33. The van der Waals surface area contributed by atoms with Gasteiger partial charge in [0.15, 0.2) is 0 Å².